The standard InChI is InChI=1S/C28H32N2O6S/c1-28(2,3)20-12-14-23-22(16-20)30(37(32,33)21-9-7-6-8-10-21)18-26(36-23)27(31)29-17-19-11-13-24(34-4)25(15-19)35-5/h6-16,26H,17-18H2,1-5H3,(H,29,31)/t26-/m0/s1. The van der Waals surface area contributed by atoms with Gasteiger partial charge >= 0.3 is 0 Å². The van der Waals surface area contributed by atoms with Crippen LogP contribution < -0.4 is 23.8 Å². The fourth-order valence-electron chi connectivity index (χ4n) is 4.10. The quantitative estimate of drug-likeness (QED) is 0.496. The van der Waals surface area contributed by atoms with E-state index < -0.39 is 22.0 Å². The topological polar surface area (TPSA) is 94.2 Å². The Hall–Kier alpha value is -3.72. The first-order valence-electron chi connectivity index (χ1n) is 11.9. The third kappa shape index (κ3) is 5.51. The van der Waals surface area contributed by atoms with Crippen molar-refractivity contribution >= 4 is 21.6 Å². The molecular weight excluding hydrogens is 492 g/mol. The molecule has 0 unspecified atom stereocenters. The largest absolute Gasteiger partial charge is 0.493 e. The minimum absolute atomic E-state index is 0.147. The zero-order valence-corrected chi connectivity index (χ0v) is 22.5. The van der Waals surface area contributed by atoms with Crippen molar-refractivity contribution in [2.45, 2.75) is 43.7 Å². The average molecular weight is 525 g/mol. The van der Waals surface area contributed by atoms with Crippen LogP contribution in [0.2, 0.25) is 0 Å². The van der Waals surface area contributed by atoms with Crippen LogP contribution in [0.4, 0.5) is 5.69 Å². The molecule has 37 heavy (non-hydrogen) atoms. The van der Waals surface area contributed by atoms with E-state index in [2.05, 4.69) is 26.1 Å². The molecule has 1 atom stereocenters. The molecule has 196 valence electrons. The molecule has 4 rings (SSSR count). The van der Waals surface area contributed by atoms with Gasteiger partial charge < -0.3 is 19.5 Å². The Morgan fingerprint density at radius 3 is 2.35 bits per heavy atom. The minimum atomic E-state index is -3.95. The van der Waals surface area contributed by atoms with Crippen LogP contribution in [0.3, 0.4) is 0 Å². The first-order valence-corrected chi connectivity index (χ1v) is 13.4. The molecule has 0 saturated heterocycles. The van der Waals surface area contributed by atoms with Gasteiger partial charge in [0.1, 0.15) is 5.75 Å². The Balaban J connectivity index is 1.63. The number of benzene rings is 3. The molecule has 1 aliphatic heterocycles. The molecule has 0 spiro atoms. The normalized spacial score (nSPS) is 15.4. The van der Waals surface area contributed by atoms with Gasteiger partial charge in [0.2, 0.25) is 0 Å². The van der Waals surface area contributed by atoms with Crippen LogP contribution in [0, 0.1) is 0 Å². The van der Waals surface area contributed by atoms with Gasteiger partial charge in [-0.15, -0.1) is 0 Å². The van der Waals surface area contributed by atoms with Crippen LogP contribution in [-0.2, 0) is 26.8 Å². The molecule has 1 aliphatic rings. The third-order valence-electron chi connectivity index (χ3n) is 6.23. The Bertz CT molecular complexity index is 1380. The summed E-state index contributed by atoms with van der Waals surface area (Å²) in [5.74, 6) is 1.05. The van der Waals surface area contributed by atoms with E-state index in [1.807, 2.05) is 18.2 Å². The first-order chi connectivity index (χ1) is 17.5. The number of hydrogen-bond donors (Lipinski definition) is 1. The van der Waals surface area contributed by atoms with Gasteiger partial charge in [0.15, 0.2) is 17.6 Å². The van der Waals surface area contributed by atoms with Crippen LogP contribution in [0.5, 0.6) is 17.2 Å². The number of anilines is 1. The van der Waals surface area contributed by atoms with E-state index in [0.717, 1.165) is 11.1 Å². The van der Waals surface area contributed by atoms with Crippen LogP contribution in [0.15, 0.2) is 71.6 Å². The second kappa shape index (κ2) is 10.3. The average Bonchev–Trinajstić information content (AvgIpc) is 2.90. The molecule has 0 bridgehead atoms. The zero-order valence-electron chi connectivity index (χ0n) is 21.6. The lowest BCUT2D eigenvalue weighted by Crippen LogP contribution is -2.50. The molecule has 0 aromatic heterocycles. The fourth-order valence-corrected chi connectivity index (χ4v) is 5.58. The molecule has 3 aromatic carbocycles. The first kappa shape index (κ1) is 26.3. The predicted molar refractivity (Wildman–Crippen MR) is 142 cm³/mol. The van der Waals surface area contributed by atoms with Crippen LogP contribution in [-0.4, -0.2) is 41.2 Å². The summed E-state index contributed by atoms with van der Waals surface area (Å²) in [4.78, 5) is 13.3. The maximum atomic E-state index is 13.7. The van der Waals surface area contributed by atoms with E-state index in [4.69, 9.17) is 14.2 Å². The maximum Gasteiger partial charge on any atom is 0.264 e. The van der Waals surface area contributed by atoms with E-state index in [1.165, 1.54) is 4.31 Å². The number of rotatable bonds is 7. The van der Waals surface area contributed by atoms with Crippen molar-refractivity contribution in [2.75, 3.05) is 25.1 Å². The lowest BCUT2D eigenvalue weighted by Gasteiger charge is -2.36. The van der Waals surface area contributed by atoms with Gasteiger partial charge in [-0.1, -0.05) is 51.1 Å². The fraction of sp³-hybridized carbons (Fsp3) is 0.321. The SMILES string of the molecule is COc1ccc(CNC(=O)[C@@H]2CN(S(=O)(=O)c3ccccc3)c3cc(C(C)(C)C)ccc3O2)cc1OC. The highest BCUT2D eigenvalue weighted by Crippen LogP contribution is 2.40. The lowest BCUT2D eigenvalue weighted by molar-refractivity contribution is -0.127. The van der Waals surface area contributed by atoms with Gasteiger partial charge in [-0.3, -0.25) is 9.10 Å². The van der Waals surface area contributed by atoms with Gasteiger partial charge in [-0.25, -0.2) is 8.42 Å². The van der Waals surface area contributed by atoms with Crippen molar-refractivity contribution in [2.24, 2.45) is 0 Å². The number of nitrogens with zero attached hydrogens (tertiary/aromatic N) is 1. The van der Waals surface area contributed by atoms with Crippen LogP contribution in [0.1, 0.15) is 31.9 Å². The lowest BCUT2D eigenvalue weighted by atomic mass is 9.86. The number of nitrogens with one attached hydrogen (secondary N) is 1. The number of sulfonamides is 1. The number of amides is 1. The summed E-state index contributed by atoms with van der Waals surface area (Å²) in [7, 11) is -0.850. The molecule has 0 saturated carbocycles. The van der Waals surface area contributed by atoms with E-state index in [-0.39, 0.29) is 23.4 Å². The highest BCUT2D eigenvalue weighted by molar-refractivity contribution is 7.92. The van der Waals surface area contributed by atoms with Crippen molar-refractivity contribution in [1.29, 1.82) is 0 Å². The Kier molecular flexibility index (Phi) is 7.36. The van der Waals surface area contributed by atoms with Gasteiger partial charge in [-0.05, 0) is 52.9 Å². The Labute approximate surface area is 218 Å². The molecule has 8 nitrogen and oxygen atoms in total. The van der Waals surface area contributed by atoms with Gasteiger partial charge in [0.05, 0.1) is 31.3 Å². The Morgan fingerprint density at radius 2 is 1.70 bits per heavy atom. The van der Waals surface area contributed by atoms with E-state index in [1.54, 1.807) is 62.8 Å². The zero-order chi connectivity index (χ0) is 26.8. The molecule has 0 fully saturated rings. The van der Waals surface area contributed by atoms with E-state index in [9.17, 15) is 13.2 Å². The molecule has 1 heterocycles. The number of carbonyl (C=O) groups excluding carboxylic acids is 1. The van der Waals surface area contributed by atoms with Crippen molar-refractivity contribution in [3.8, 4) is 17.2 Å². The predicted octanol–water partition coefficient (Wildman–Crippen LogP) is 4.27. The summed E-state index contributed by atoms with van der Waals surface area (Å²) < 4.78 is 45.3. The summed E-state index contributed by atoms with van der Waals surface area (Å²) in [6.45, 7) is 6.21. The second-order valence-electron chi connectivity index (χ2n) is 9.80. The maximum absolute atomic E-state index is 13.7. The highest BCUT2D eigenvalue weighted by atomic mass is 32.2. The molecule has 1 N–H and O–H groups in total. The molecular formula is C28H32N2O6S. The molecule has 0 aliphatic carbocycles. The van der Waals surface area contributed by atoms with Gasteiger partial charge in [-0.2, -0.15) is 0 Å². The van der Waals surface area contributed by atoms with Crippen molar-refractivity contribution < 1.29 is 27.4 Å². The summed E-state index contributed by atoms with van der Waals surface area (Å²) >= 11 is 0. The highest BCUT2D eigenvalue weighted by Gasteiger charge is 2.38. The monoisotopic (exact) mass is 524 g/mol. The summed E-state index contributed by atoms with van der Waals surface area (Å²) in [6, 6.07) is 19.0. The number of hydrogen-bond acceptors (Lipinski definition) is 6. The molecule has 3 aromatic rings. The van der Waals surface area contributed by atoms with Gasteiger partial charge in [0, 0.05) is 6.54 Å². The summed E-state index contributed by atoms with van der Waals surface area (Å²) in [5.41, 5.74) is 1.97. The number of methoxy groups -OCH3 is 2. The summed E-state index contributed by atoms with van der Waals surface area (Å²) in [5, 5.41) is 2.85. The van der Waals surface area contributed by atoms with E-state index >= 15 is 0 Å². The molecule has 9 heteroatoms. The number of ether oxygens (including phenoxy) is 3. The minimum Gasteiger partial charge on any atom is -0.493 e. The third-order valence-corrected chi connectivity index (χ3v) is 8.03. The molecule has 0 radical (unpaired) electrons. The Morgan fingerprint density at radius 1 is 1.00 bits per heavy atom. The van der Waals surface area contributed by atoms with Gasteiger partial charge in [0.25, 0.3) is 15.9 Å². The van der Waals surface area contributed by atoms with E-state index in [0.29, 0.717) is 22.9 Å². The second-order valence-corrected chi connectivity index (χ2v) is 11.7. The van der Waals surface area contributed by atoms with Crippen molar-refractivity contribution in [3.05, 3.63) is 77.9 Å². The van der Waals surface area contributed by atoms with Crippen LogP contribution in [0.25, 0.3) is 0 Å². The van der Waals surface area contributed by atoms with Crippen molar-refractivity contribution in [3.63, 3.8) is 0 Å². The molecule has 1 amide bonds. The number of carbonyl (C=O) groups is 1. The van der Waals surface area contributed by atoms with Crippen LogP contribution >= 0.6 is 0 Å². The number of fused-ring (bicyclic) bond motifs is 1. The van der Waals surface area contributed by atoms with Crippen molar-refractivity contribution in [1.82, 2.24) is 5.32 Å². The summed E-state index contributed by atoms with van der Waals surface area (Å²) in [6.07, 6.45) is -1.04. The smallest absolute Gasteiger partial charge is 0.264 e.